The third kappa shape index (κ3) is 4.40. The molecule has 6 nitrogen and oxygen atoms in total. The average molecular weight is 307 g/mol. The van der Waals surface area contributed by atoms with Crippen molar-refractivity contribution >= 4 is 29.1 Å². The number of hydrogen-bond donors (Lipinski definition) is 2. The van der Waals surface area contributed by atoms with Crippen molar-refractivity contribution in [2.75, 3.05) is 25.6 Å². The second-order valence-electron chi connectivity index (χ2n) is 4.12. The predicted octanol–water partition coefficient (Wildman–Crippen LogP) is 2.25. The largest absolute Gasteiger partial charge is 0.383 e. The molecule has 0 aliphatic rings. The number of methoxy groups -OCH3 is 1. The van der Waals surface area contributed by atoms with Gasteiger partial charge in [-0.25, -0.2) is 9.97 Å². The molecule has 0 unspecified atom stereocenters. The van der Waals surface area contributed by atoms with Gasteiger partial charge < -0.3 is 15.4 Å². The molecule has 110 valence electrons. The summed E-state index contributed by atoms with van der Waals surface area (Å²) in [4.78, 5) is 20.1. The van der Waals surface area contributed by atoms with Crippen LogP contribution in [-0.2, 0) is 4.74 Å². The summed E-state index contributed by atoms with van der Waals surface area (Å²) in [5.41, 5.74) is 0.951. The maximum Gasteiger partial charge on any atom is 0.270 e. The second kappa shape index (κ2) is 7.56. The number of carbonyl (C=O) groups excluding carboxylic acids is 1. The number of hydrogen-bond acceptors (Lipinski definition) is 5. The molecule has 7 heteroatoms. The second-order valence-corrected chi connectivity index (χ2v) is 4.53. The van der Waals surface area contributed by atoms with Crippen molar-refractivity contribution < 1.29 is 9.53 Å². The van der Waals surface area contributed by atoms with Gasteiger partial charge in [0.2, 0.25) is 5.95 Å². The molecule has 0 aliphatic heterocycles. The first-order valence-electron chi connectivity index (χ1n) is 6.32. The van der Waals surface area contributed by atoms with Crippen molar-refractivity contribution in [3.8, 4) is 0 Å². The number of carbonyl (C=O) groups is 1. The molecule has 0 aliphatic carbocycles. The van der Waals surface area contributed by atoms with Crippen molar-refractivity contribution in [2.24, 2.45) is 0 Å². The lowest BCUT2D eigenvalue weighted by molar-refractivity contribution is 0.0932. The molecule has 2 rings (SSSR count). The van der Waals surface area contributed by atoms with Crippen LogP contribution in [0.5, 0.6) is 0 Å². The fourth-order valence-corrected chi connectivity index (χ4v) is 1.77. The van der Waals surface area contributed by atoms with Crippen LogP contribution in [0.15, 0.2) is 36.5 Å². The molecule has 0 bridgehead atoms. The van der Waals surface area contributed by atoms with Crippen LogP contribution in [-0.4, -0.2) is 36.1 Å². The maximum atomic E-state index is 11.9. The van der Waals surface area contributed by atoms with E-state index in [-0.39, 0.29) is 11.6 Å². The first-order valence-corrected chi connectivity index (χ1v) is 6.70. The van der Waals surface area contributed by atoms with Crippen LogP contribution in [0.2, 0.25) is 5.02 Å². The topological polar surface area (TPSA) is 76.1 Å². The van der Waals surface area contributed by atoms with Gasteiger partial charge in [-0.15, -0.1) is 0 Å². The Morgan fingerprint density at radius 3 is 2.90 bits per heavy atom. The Hall–Kier alpha value is -2.18. The van der Waals surface area contributed by atoms with Gasteiger partial charge in [-0.3, -0.25) is 4.79 Å². The summed E-state index contributed by atoms with van der Waals surface area (Å²) in [6, 6.07) is 8.77. The molecule has 2 N–H and O–H groups in total. The summed E-state index contributed by atoms with van der Waals surface area (Å²) in [5, 5.41) is 6.22. The van der Waals surface area contributed by atoms with Crippen molar-refractivity contribution in [3.05, 3.63) is 47.2 Å². The van der Waals surface area contributed by atoms with Crippen molar-refractivity contribution in [3.63, 3.8) is 0 Å². The van der Waals surface area contributed by atoms with Gasteiger partial charge in [0.15, 0.2) is 0 Å². The van der Waals surface area contributed by atoms with Crippen molar-refractivity contribution in [1.82, 2.24) is 15.3 Å². The average Bonchev–Trinajstić information content (AvgIpc) is 2.50. The summed E-state index contributed by atoms with van der Waals surface area (Å²) >= 11 is 6.05. The van der Waals surface area contributed by atoms with Gasteiger partial charge in [0.05, 0.1) is 17.3 Å². The molecule has 0 saturated heterocycles. The highest BCUT2D eigenvalue weighted by Crippen LogP contribution is 2.22. The number of amides is 1. The Labute approximate surface area is 127 Å². The summed E-state index contributed by atoms with van der Waals surface area (Å²) in [7, 11) is 1.57. The number of aromatic nitrogens is 2. The smallest absolute Gasteiger partial charge is 0.270 e. The molecule has 1 aromatic heterocycles. The number of ether oxygens (including phenoxy) is 1. The van der Waals surface area contributed by atoms with E-state index >= 15 is 0 Å². The zero-order valence-electron chi connectivity index (χ0n) is 11.5. The van der Waals surface area contributed by atoms with Crippen LogP contribution in [0, 0.1) is 0 Å². The highest BCUT2D eigenvalue weighted by atomic mass is 35.5. The minimum absolute atomic E-state index is 0.274. The van der Waals surface area contributed by atoms with Crippen LogP contribution in [0.25, 0.3) is 0 Å². The third-order valence-electron chi connectivity index (χ3n) is 2.60. The van der Waals surface area contributed by atoms with Gasteiger partial charge >= 0.3 is 0 Å². The number of nitrogens with zero attached hydrogens (tertiary/aromatic N) is 2. The number of anilines is 2. The van der Waals surface area contributed by atoms with Crippen LogP contribution in [0.1, 0.15) is 10.5 Å². The molecule has 1 amide bonds. The molecule has 0 saturated carbocycles. The van der Waals surface area contributed by atoms with E-state index in [1.165, 1.54) is 6.20 Å². The van der Waals surface area contributed by atoms with E-state index in [0.29, 0.717) is 29.8 Å². The number of para-hydroxylation sites is 1. The van der Waals surface area contributed by atoms with Gasteiger partial charge in [-0.1, -0.05) is 23.7 Å². The molecule has 0 atom stereocenters. The summed E-state index contributed by atoms with van der Waals surface area (Å²) in [5.74, 6) is 0.0270. The molecular formula is C14H15ClN4O2. The lowest BCUT2D eigenvalue weighted by atomic mass is 10.3. The summed E-state index contributed by atoms with van der Waals surface area (Å²) < 4.78 is 4.87. The van der Waals surface area contributed by atoms with E-state index in [4.69, 9.17) is 16.3 Å². The zero-order valence-corrected chi connectivity index (χ0v) is 12.2. The van der Waals surface area contributed by atoms with Gasteiger partial charge in [0.1, 0.15) is 5.69 Å². The van der Waals surface area contributed by atoms with Gasteiger partial charge in [-0.05, 0) is 18.2 Å². The Balaban J connectivity index is 2.07. The minimum Gasteiger partial charge on any atom is -0.383 e. The van der Waals surface area contributed by atoms with Crippen LogP contribution in [0.4, 0.5) is 11.6 Å². The van der Waals surface area contributed by atoms with Crippen molar-refractivity contribution in [2.45, 2.75) is 0 Å². The van der Waals surface area contributed by atoms with E-state index in [2.05, 4.69) is 20.6 Å². The van der Waals surface area contributed by atoms with Gasteiger partial charge in [0, 0.05) is 19.9 Å². The van der Waals surface area contributed by atoms with E-state index in [9.17, 15) is 4.79 Å². The quantitative estimate of drug-likeness (QED) is 0.801. The standard InChI is InChI=1S/C14H15ClN4O2/c1-21-9-8-16-13(20)12-6-7-17-14(19-12)18-11-5-3-2-4-10(11)15/h2-7H,8-9H2,1H3,(H,16,20)(H,17,18,19). The minimum atomic E-state index is -0.281. The van der Waals surface area contributed by atoms with E-state index in [1.807, 2.05) is 12.1 Å². The van der Waals surface area contributed by atoms with Crippen LogP contribution < -0.4 is 10.6 Å². The van der Waals surface area contributed by atoms with E-state index in [0.717, 1.165) is 0 Å². The summed E-state index contributed by atoms with van der Waals surface area (Å²) in [6.45, 7) is 0.869. The monoisotopic (exact) mass is 306 g/mol. The number of benzene rings is 1. The van der Waals surface area contributed by atoms with E-state index < -0.39 is 0 Å². The Morgan fingerprint density at radius 1 is 1.33 bits per heavy atom. The first-order chi connectivity index (χ1) is 10.2. The Bertz CT molecular complexity index is 621. The van der Waals surface area contributed by atoms with E-state index in [1.54, 1.807) is 25.3 Å². The lowest BCUT2D eigenvalue weighted by Crippen LogP contribution is -2.27. The van der Waals surface area contributed by atoms with Gasteiger partial charge in [0.25, 0.3) is 5.91 Å². The zero-order chi connectivity index (χ0) is 15.1. The fourth-order valence-electron chi connectivity index (χ4n) is 1.59. The molecule has 0 fully saturated rings. The SMILES string of the molecule is COCCNC(=O)c1ccnc(Nc2ccccc2Cl)n1. The number of rotatable bonds is 6. The highest BCUT2D eigenvalue weighted by Gasteiger charge is 2.09. The molecule has 0 spiro atoms. The van der Waals surface area contributed by atoms with Crippen LogP contribution >= 0.6 is 11.6 Å². The number of halogens is 1. The molecule has 1 heterocycles. The molecule has 21 heavy (non-hydrogen) atoms. The normalized spacial score (nSPS) is 10.2. The third-order valence-corrected chi connectivity index (χ3v) is 2.93. The Morgan fingerprint density at radius 2 is 2.14 bits per heavy atom. The molecule has 2 aromatic rings. The maximum absolute atomic E-state index is 11.9. The van der Waals surface area contributed by atoms with Crippen LogP contribution in [0.3, 0.4) is 0 Å². The molecular weight excluding hydrogens is 292 g/mol. The summed E-state index contributed by atoms with van der Waals surface area (Å²) in [6.07, 6.45) is 1.51. The number of nitrogens with one attached hydrogen (secondary N) is 2. The Kier molecular flexibility index (Phi) is 5.48. The fraction of sp³-hybridized carbons (Fsp3) is 0.214. The first kappa shape index (κ1) is 15.2. The van der Waals surface area contributed by atoms with Crippen molar-refractivity contribution in [1.29, 1.82) is 0 Å². The molecule has 1 aromatic carbocycles. The predicted molar refractivity (Wildman–Crippen MR) is 81.0 cm³/mol. The lowest BCUT2D eigenvalue weighted by Gasteiger charge is -2.08. The molecule has 0 radical (unpaired) electrons. The highest BCUT2D eigenvalue weighted by molar-refractivity contribution is 6.33. The van der Waals surface area contributed by atoms with Gasteiger partial charge in [-0.2, -0.15) is 0 Å².